The molecule has 1 aromatic carbocycles. The Labute approximate surface area is 231 Å². The number of fused-ring (bicyclic) bond motifs is 1. The van der Waals surface area contributed by atoms with E-state index in [2.05, 4.69) is 34.1 Å². The van der Waals surface area contributed by atoms with Gasteiger partial charge < -0.3 is 5.11 Å². The van der Waals surface area contributed by atoms with Gasteiger partial charge in [0.1, 0.15) is 11.6 Å². The Bertz CT molecular complexity index is 1450. The molecule has 2 aromatic heterocycles. The Morgan fingerprint density at radius 1 is 1.34 bits per heavy atom. The minimum atomic E-state index is -0.726. The molecule has 1 saturated heterocycles. The van der Waals surface area contributed by atoms with Gasteiger partial charge in [0.25, 0.3) is 0 Å². The zero-order valence-electron chi connectivity index (χ0n) is 21.4. The quantitative estimate of drug-likeness (QED) is 0.375. The normalized spacial score (nSPS) is 22.8. The van der Waals surface area contributed by atoms with Gasteiger partial charge >= 0.3 is 5.97 Å². The molecular formula is C28H30Cl2N6O2. The summed E-state index contributed by atoms with van der Waals surface area (Å²) in [4.78, 5) is 23.2. The maximum Gasteiger partial charge on any atom is 0.303 e. The van der Waals surface area contributed by atoms with Crippen molar-refractivity contribution in [3.05, 3.63) is 57.5 Å². The van der Waals surface area contributed by atoms with Crippen LogP contribution < -0.4 is 0 Å². The lowest BCUT2D eigenvalue weighted by atomic mass is 9.83. The number of aromatic nitrogens is 4. The molecule has 4 atom stereocenters. The number of halogens is 2. The smallest absolute Gasteiger partial charge is 0.303 e. The molecule has 8 nitrogen and oxygen atoms in total. The number of nitriles is 1. The van der Waals surface area contributed by atoms with Crippen molar-refractivity contribution in [1.82, 2.24) is 24.6 Å². The average Bonchev–Trinajstić information content (AvgIpc) is 3.51. The lowest BCUT2D eigenvalue weighted by Crippen LogP contribution is -2.44. The molecule has 38 heavy (non-hydrogen) atoms. The first-order valence-corrected chi connectivity index (χ1v) is 13.8. The molecule has 0 bridgehead atoms. The van der Waals surface area contributed by atoms with Crippen LogP contribution in [-0.2, 0) is 4.79 Å². The summed E-state index contributed by atoms with van der Waals surface area (Å²) in [6.07, 6.45) is 8.83. The van der Waals surface area contributed by atoms with Crippen LogP contribution in [0.5, 0.6) is 0 Å². The van der Waals surface area contributed by atoms with E-state index < -0.39 is 5.97 Å². The van der Waals surface area contributed by atoms with E-state index in [1.165, 1.54) is 0 Å². The zero-order chi connectivity index (χ0) is 27.0. The molecule has 0 amide bonds. The van der Waals surface area contributed by atoms with Crippen molar-refractivity contribution in [3.8, 4) is 6.07 Å². The van der Waals surface area contributed by atoms with E-state index in [1.54, 1.807) is 23.0 Å². The predicted octanol–water partition coefficient (Wildman–Crippen LogP) is 6.13. The number of likely N-dealkylation sites (tertiary alicyclic amines) is 1. The molecule has 0 radical (unpaired) electrons. The second kappa shape index (κ2) is 11.0. The minimum absolute atomic E-state index is 0.219. The Morgan fingerprint density at radius 3 is 2.87 bits per heavy atom. The number of carbonyl (C=O) groups is 1. The number of hydrogen-bond acceptors (Lipinski definition) is 6. The minimum Gasteiger partial charge on any atom is -0.481 e. The molecule has 1 fully saturated rings. The van der Waals surface area contributed by atoms with Crippen LogP contribution in [0.25, 0.3) is 16.7 Å². The van der Waals surface area contributed by atoms with Gasteiger partial charge in [-0.3, -0.25) is 9.69 Å². The van der Waals surface area contributed by atoms with Gasteiger partial charge in [-0.15, -0.1) is 0 Å². The fourth-order valence-corrected chi connectivity index (χ4v) is 6.57. The van der Waals surface area contributed by atoms with Crippen LogP contribution in [-0.4, -0.2) is 54.4 Å². The zero-order valence-corrected chi connectivity index (χ0v) is 23.0. The summed E-state index contributed by atoms with van der Waals surface area (Å²) in [6, 6.07) is 7.92. The topological polar surface area (TPSA) is 108 Å². The van der Waals surface area contributed by atoms with Crippen LogP contribution in [0.1, 0.15) is 75.4 Å². The molecule has 1 N–H and O–H groups in total. The van der Waals surface area contributed by atoms with Gasteiger partial charge in [0.15, 0.2) is 11.3 Å². The lowest BCUT2D eigenvalue weighted by Gasteiger charge is -2.39. The van der Waals surface area contributed by atoms with Gasteiger partial charge in [-0.25, -0.2) is 14.6 Å². The van der Waals surface area contributed by atoms with Crippen LogP contribution in [0.3, 0.4) is 0 Å². The van der Waals surface area contributed by atoms with E-state index in [0.717, 1.165) is 49.1 Å². The number of nitrogens with zero attached hydrogens (tertiary/aromatic N) is 6. The highest BCUT2D eigenvalue weighted by Crippen LogP contribution is 2.37. The highest BCUT2D eigenvalue weighted by atomic mass is 35.5. The van der Waals surface area contributed by atoms with Crippen LogP contribution in [0.2, 0.25) is 10.0 Å². The molecule has 5 rings (SSSR count). The van der Waals surface area contributed by atoms with E-state index in [1.807, 2.05) is 13.0 Å². The summed E-state index contributed by atoms with van der Waals surface area (Å²) in [5.41, 5.74) is 3.98. The van der Waals surface area contributed by atoms with Gasteiger partial charge in [0.2, 0.25) is 0 Å². The van der Waals surface area contributed by atoms with E-state index in [4.69, 9.17) is 33.3 Å². The van der Waals surface area contributed by atoms with Gasteiger partial charge in [-0.1, -0.05) is 42.3 Å². The summed E-state index contributed by atoms with van der Waals surface area (Å²) >= 11 is 12.6. The SMILES string of the molecule is CC1CC(c2cnc3c(C#N)nn(C(C)c4ccc(Cl)cc4Cl)c3n2)=CCC1N1CCCC1CCC(=O)O. The standard InChI is InChI=1S/C28H30Cl2N6O2/c1-16-12-18(5-9-25(16)35-11-3-4-20(35)7-10-26(37)38)24-15-32-27-23(14-31)34-36(28(27)33-24)17(2)21-8-6-19(29)13-22(21)30/h5-6,8,13,15-17,20,25H,3-4,7,9-12H2,1-2H3,(H,37,38). The number of carboxylic acid groups (broad SMARTS) is 1. The van der Waals surface area contributed by atoms with E-state index >= 15 is 0 Å². The first-order valence-electron chi connectivity index (χ1n) is 13.0. The first-order chi connectivity index (χ1) is 18.3. The molecule has 1 aliphatic carbocycles. The highest BCUT2D eigenvalue weighted by Gasteiger charge is 2.35. The first kappa shape index (κ1) is 26.6. The van der Waals surface area contributed by atoms with Crippen LogP contribution in [0.15, 0.2) is 30.5 Å². The predicted molar refractivity (Wildman–Crippen MR) is 147 cm³/mol. The van der Waals surface area contributed by atoms with Crippen LogP contribution in [0.4, 0.5) is 0 Å². The van der Waals surface area contributed by atoms with E-state index in [-0.39, 0.29) is 18.2 Å². The Hall–Kier alpha value is -2.99. The summed E-state index contributed by atoms with van der Waals surface area (Å²) in [6.45, 7) is 5.24. The van der Waals surface area contributed by atoms with Gasteiger partial charge in [0.05, 0.1) is 17.9 Å². The number of carboxylic acids is 1. The summed E-state index contributed by atoms with van der Waals surface area (Å²) in [5, 5.41) is 24.4. The maximum atomic E-state index is 11.1. The number of rotatable bonds is 7. The molecule has 198 valence electrons. The van der Waals surface area contributed by atoms with Crippen LogP contribution in [0, 0.1) is 17.2 Å². The summed E-state index contributed by atoms with van der Waals surface area (Å²) in [5.74, 6) is -0.333. The van der Waals surface area contributed by atoms with E-state index in [0.29, 0.717) is 45.6 Å². The monoisotopic (exact) mass is 552 g/mol. The average molecular weight is 553 g/mol. The van der Waals surface area contributed by atoms with Crippen molar-refractivity contribution in [3.63, 3.8) is 0 Å². The fraction of sp³-hybridized carbons (Fsp3) is 0.464. The molecule has 10 heteroatoms. The number of aliphatic carboxylic acids is 1. The second-order valence-corrected chi connectivity index (χ2v) is 11.2. The van der Waals surface area contributed by atoms with E-state index in [9.17, 15) is 10.1 Å². The third-order valence-corrected chi connectivity index (χ3v) is 8.52. The third-order valence-electron chi connectivity index (χ3n) is 7.96. The largest absolute Gasteiger partial charge is 0.481 e. The number of hydrogen-bond donors (Lipinski definition) is 1. The van der Waals surface area contributed by atoms with Crippen molar-refractivity contribution in [2.75, 3.05) is 6.54 Å². The molecular weight excluding hydrogens is 523 g/mol. The molecule has 2 aliphatic rings. The highest BCUT2D eigenvalue weighted by molar-refractivity contribution is 6.35. The molecule has 0 spiro atoms. The van der Waals surface area contributed by atoms with Crippen molar-refractivity contribution >= 4 is 45.9 Å². The van der Waals surface area contributed by atoms with Crippen molar-refractivity contribution < 1.29 is 9.90 Å². The lowest BCUT2D eigenvalue weighted by molar-refractivity contribution is -0.137. The van der Waals surface area contributed by atoms with Crippen molar-refractivity contribution in [1.29, 1.82) is 5.26 Å². The summed E-state index contributed by atoms with van der Waals surface area (Å²) < 4.78 is 1.71. The third kappa shape index (κ3) is 5.15. The van der Waals surface area contributed by atoms with Crippen LogP contribution >= 0.6 is 23.2 Å². The fourth-order valence-electron chi connectivity index (χ4n) is 6.01. The van der Waals surface area contributed by atoms with Gasteiger partial charge in [0, 0.05) is 28.5 Å². The Kier molecular flexibility index (Phi) is 7.71. The maximum absolute atomic E-state index is 11.1. The summed E-state index contributed by atoms with van der Waals surface area (Å²) in [7, 11) is 0. The molecule has 3 heterocycles. The number of benzene rings is 1. The molecule has 4 unspecified atom stereocenters. The molecule has 0 saturated carbocycles. The van der Waals surface area contributed by atoms with Gasteiger partial charge in [-0.05, 0) is 74.8 Å². The Balaban J connectivity index is 1.43. The second-order valence-electron chi connectivity index (χ2n) is 10.4. The number of allylic oxidation sites excluding steroid dienone is 1. The molecule has 1 aliphatic heterocycles. The Morgan fingerprint density at radius 2 is 2.16 bits per heavy atom. The van der Waals surface area contributed by atoms with Gasteiger partial charge in [-0.2, -0.15) is 10.4 Å². The van der Waals surface area contributed by atoms with Crippen molar-refractivity contribution in [2.45, 2.75) is 70.5 Å². The molecule has 3 aromatic rings. The van der Waals surface area contributed by atoms with Crippen molar-refractivity contribution in [2.24, 2.45) is 5.92 Å².